The number of carbonyl (C=O) groups is 2. The van der Waals surface area contributed by atoms with Gasteiger partial charge in [0.05, 0.1) is 19.8 Å². The van der Waals surface area contributed by atoms with Crippen molar-refractivity contribution in [2.24, 2.45) is 5.92 Å². The molecule has 0 aliphatic heterocycles. The van der Waals surface area contributed by atoms with Crippen LogP contribution in [0.4, 0.5) is 0 Å². The van der Waals surface area contributed by atoms with Crippen LogP contribution in [0.15, 0.2) is 11.1 Å². The number of hydrogen-bond donors (Lipinski definition) is 0. The maximum absolute atomic E-state index is 11.7. The molecule has 0 atom stereocenters. The summed E-state index contributed by atoms with van der Waals surface area (Å²) in [5.41, 5.74) is 0.869. The van der Waals surface area contributed by atoms with Crippen molar-refractivity contribution in [1.82, 2.24) is 0 Å². The predicted octanol–water partition coefficient (Wildman–Crippen LogP) is 1.84. The molecule has 0 bridgehead atoms. The van der Waals surface area contributed by atoms with Gasteiger partial charge in [0.25, 0.3) is 0 Å². The average molecular weight is 226 g/mol. The molecule has 0 aromatic heterocycles. The lowest BCUT2D eigenvalue weighted by Crippen LogP contribution is -2.18. The van der Waals surface area contributed by atoms with Crippen LogP contribution in [0.25, 0.3) is 0 Å². The molecule has 16 heavy (non-hydrogen) atoms. The van der Waals surface area contributed by atoms with Gasteiger partial charge in [-0.2, -0.15) is 0 Å². The number of ether oxygens (including phenoxy) is 2. The second-order valence-electron chi connectivity index (χ2n) is 4.00. The van der Waals surface area contributed by atoms with Gasteiger partial charge in [-0.05, 0) is 25.7 Å². The second kappa shape index (κ2) is 5.68. The molecule has 0 N–H and O–H groups in total. The van der Waals surface area contributed by atoms with Crippen LogP contribution in [0.2, 0.25) is 0 Å². The van der Waals surface area contributed by atoms with E-state index in [4.69, 9.17) is 4.74 Å². The molecule has 0 heterocycles. The van der Waals surface area contributed by atoms with Crippen LogP contribution in [0.1, 0.15) is 32.6 Å². The van der Waals surface area contributed by atoms with E-state index in [0.29, 0.717) is 11.1 Å². The maximum Gasteiger partial charge on any atom is 0.334 e. The fourth-order valence-electron chi connectivity index (χ4n) is 2.21. The van der Waals surface area contributed by atoms with Gasteiger partial charge in [0.2, 0.25) is 0 Å². The second-order valence-corrected chi connectivity index (χ2v) is 4.00. The van der Waals surface area contributed by atoms with E-state index in [1.54, 1.807) is 6.92 Å². The summed E-state index contributed by atoms with van der Waals surface area (Å²) >= 11 is 0. The van der Waals surface area contributed by atoms with Crippen LogP contribution in [-0.2, 0) is 19.1 Å². The summed E-state index contributed by atoms with van der Waals surface area (Å²) in [6.45, 7) is 1.62. The molecular formula is C12H18O4. The lowest BCUT2D eigenvalue weighted by molar-refractivity contribution is -0.139. The van der Waals surface area contributed by atoms with Crippen molar-refractivity contribution in [2.75, 3.05) is 14.2 Å². The Balaban J connectivity index is 3.02. The fourth-order valence-corrected chi connectivity index (χ4v) is 2.21. The smallest absolute Gasteiger partial charge is 0.334 e. The van der Waals surface area contributed by atoms with Gasteiger partial charge in [-0.15, -0.1) is 0 Å². The van der Waals surface area contributed by atoms with Gasteiger partial charge in [0.1, 0.15) is 0 Å². The summed E-state index contributed by atoms with van der Waals surface area (Å²) < 4.78 is 9.38. The summed E-state index contributed by atoms with van der Waals surface area (Å²) in [4.78, 5) is 23.1. The Kier molecular flexibility index (Phi) is 4.52. The predicted molar refractivity (Wildman–Crippen MR) is 58.7 cm³/mol. The highest BCUT2D eigenvalue weighted by atomic mass is 16.5. The van der Waals surface area contributed by atoms with E-state index in [1.807, 2.05) is 0 Å². The summed E-state index contributed by atoms with van der Waals surface area (Å²) in [6.07, 6.45) is 4.08. The molecular weight excluding hydrogens is 208 g/mol. The number of esters is 2. The normalized spacial score (nSPS) is 17.9. The first-order chi connectivity index (χ1) is 7.61. The first-order valence-corrected chi connectivity index (χ1v) is 5.49. The van der Waals surface area contributed by atoms with Crippen LogP contribution >= 0.6 is 0 Å². The molecule has 4 heteroatoms. The third kappa shape index (κ3) is 2.62. The summed E-state index contributed by atoms with van der Waals surface area (Å²) in [5.74, 6) is -0.714. The SMILES string of the molecule is COC(=O)C(C)=C(C(=O)OC)C1CCCC1. The minimum atomic E-state index is -0.452. The van der Waals surface area contributed by atoms with Crippen molar-refractivity contribution in [3.05, 3.63) is 11.1 Å². The molecule has 1 aliphatic rings. The molecule has 0 amide bonds. The van der Waals surface area contributed by atoms with E-state index in [-0.39, 0.29) is 5.92 Å². The largest absolute Gasteiger partial charge is 0.466 e. The molecule has 0 radical (unpaired) electrons. The molecule has 0 spiro atoms. The van der Waals surface area contributed by atoms with E-state index in [9.17, 15) is 9.59 Å². The Bertz CT molecular complexity index is 311. The molecule has 4 nitrogen and oxygen atoms in total. The Morgan fingerprint density at radius 1 is 1.00 bits per heavy atom. The molecule has 1 aliphatic carbocycles. The summed E-state index contributed by atoms with van der Waals surface area (Å²) in [5, 5.41) is 0. The van der Waals surface area contributed by atoms with Crippen molar-refractivity contribution >= 4 is 11.9 Å². The number of hydrogen-bond acceptors (Lipinski definition) is 4. The van der Waals surface area contributed by atoms with E-state index < -0.39 is 11.9 Å². The molecule has 0 aromatic carbocycles. The Labute approximate surface area is 95.6 Å². The van der Waals surface area contributed by atoms with Crippen LogP contribution in [-0.4, -0.2) is 26.2 Å². The quantitative estimate of drug-likeness (QED) is 0.544. The highest BCUT2D eigenvalue weighted by Crippen LogP contribution is 2.33. The van der Waals surface area contributed by atoms with Gasteiger partial charge in [-0.25, -0.2) is 9.59 Å². The zero-order chi connectivity index (χ0) is 12.1. The van der Waals surface area contributed by atoms with Crippen LogP contribution in [0.5, 0.6) is 0 Å². The Morgan fingerprint density at radius 3 is 1.94 bits per heavy atom. The van der Waals surface area contributed by atoms with E-state index >= 15 is 0 Å². The molecule has 1 rings (SSSR count). The standard InChI is InChI=1S/C12H18O4/c1-8(11(13)15-2)10(12(14)16-3)9-6-4-5-7-9/h9H,4-7H2,1-3H3. The number of carbonyl (C=O) groups excluding carboxylic acids is 2. The molecule has 0 aromatic rings. The lowest BCUT2D eigenvalue weighted by Gasteiger charge is -2.14. The lowest BCUT2D eigenvalue weighted by atomic mass is 9.93. The van der Waals surface area contributed by atoms with E-state index in [2.05, 4.69) is 4.74 Å². The topological polar surface area (TPSA) is 52.6 Å². The van der Waals surface area contributed by atoms with Crippen molar-refractivity contribution < 1.29 is 19.1 Å². The first kappa shape index (κ1) is 12.7. The number of methoxy groups -OCH3 is 2. The average Bonchev–Trinajstić information content (AvgIpc) is 2.81. The van der Waals surface area contributed by atoms with Gasteiger partial charge in [0, 0.05) is 5.57 Å². The van der Waals surface area contributed by atoms with Crippen molar-refractivity contribution in [1.29, 1.82) is 0 Å². The summed E-state index contributed by atoms with van der Waals surface area (Å²) in [7, 11) is 2.65. The third-order valence-corrected chi connectivity index (χ3v) is 3.06. The van der Waals surface area contributed by atoms with Crippen molar-refractivity contribution in [3.8, 4) is 0 Å². The molecule has 1 fully saturated rings. The highest BCUT2D eigenvalue weighted by Gasteiger charge is 2.29. The molecule has 1 saturated carbocycles. The third-order valence-electron chi connectivity index (χ3n) is 3.06. The maximum atomic E-state index is 11.7. The van der Waals surface area contributed by atoms with Crippen LogP contribution in [0.3, 0.4) is 0 Å². The van der Waals surface area contributed by atoms with Gasteiger partial charge >= 0.3 is 11.9 Å². The highest BCUT2D eigenvalue weighted by molar-refractivity contribution is 6.00. The van der Waals surface area contributed by atoms with Crippen LogP contribution in [0, 0.1) is 5.92 Å². The minimum Gasteiger partial charge on any atom is -0.466 e. The zero-order valence-corrected chi connectivity index (χ0v) is 10.0. The number of rotatable bonds is 3. The minimum absolute atomic E-state index is 0.145. The first-order valence-electron chi connectivity index (χ1n) is 5.49. The molecule has 0 saturated heterocycles. The summed E-state index contributed by atoms with van der Waals surface area (Å²) in [6, 6.07) is 0. The van der Waals surface area contributed by atoms with E-state index in [0.717, 1.165) is 25.7 Å². The molecule has 90 valence electrons. The van der Waals surface area contributed by atoms with E-state index in [1.165, 1.54) is 14.2 Å². The van der Waals surface area contributed by atoms with Crippen molar-refractivity contribution in [3.63, 3.8) is 0 Å². The van der Waals surface area contributed by atoms with Gasteiger partial charge in [-0.3, -0.25) is 0 Å². The van der Waals surface area contributed by atoms with Gasteiger partial charge in [-0.1, -0.05) is 12.8 Å². The van der Waals surface area contributed by atoms with Crippen molar-refractivity contribution in [2.45, 2.75) is 32.6 Å². The Hall–Kier alpha value is -1.32. The zero-order valence-electron chi connectivity index (χ0n) is 10.0. The fraction of sp³-hybridized carbons (Fsp3) is 0.667. The Morgan fingerprint density at radius 2 is 1.50 bits per heavy atom. The molecule has 0 unspecified atom stereocenters. The monoisotopic (exact) mass is 226 g/mol. The van der Waals surface area contributed by atoms with Gasteiger partial charge < -0.3 is 9.47 Å². The van der Waals surface area contributed by atoms with Crippen LogP contribution < -0.4 is 0 Å². The van der Waals surface area contributed by atoms with Gasteiger partial charge in [0.15, 0.2) is 0 Å².